The van der Waals surface area contributed by atoms with Crippen LogP contribution in [-0.4, -0.2) is 49.3 Å². The van der Waals surface area contributed by atoms with Gasteiger partial charge in [-0.2, -0.15) is 0 Å². The summed E-state index contributed by atoms with van der Waals surface area (Å²) < 4.78 is 27.0. The molecule has 0 bridgehead atoms. The highest BCUT2D eigenvalue weighted by Gasteiger charge is 2.20. The van der Waals surface area contributed by atoms with Crippen LogP contribution in [-0.2, 0) is 22.5 Å². The van der Waals surface area contributed by atoms with Crippen molar-refractivity contribution in [3.8, 4) is 28.7 Å². The Morgan fingerprint density at radius 3 is 2.21 bits per heavy atom. The van der Waals surface area contributed by atoms with Crippen LogP contribution in [0.25, 0.3) is 11.5 Å². The van der Waals surface area contributed by atoms with Crippen molar-refractivity contribution >= 4 is 12.1 Å². The summed E-state index contributed by atoms with van der Waals surface area (Å²) in [6.07, 6.45) is -0.0858. The van der Waals surface area contributed by atoms with Gasteiger partial charge in [-0.3, -0.25) is 9.69 Å². The van der Waals surface area contributed by atoms with Gasteiger partial charge in [0.1, 0.15) is 29.6 Å². The van der Waals surface area contributed by atoms with E-state index in [2.05, 4.69) is 4.98 Å². The van der Waals surface area contributed by atoms with Crippen molar-refractivity contribution in [1.29, 1.82) is 0 Å². The fourth-order valence-corrected chi connectivity index (χ4v) is 3.76. The number of benzene rings is 3. The number of amides is 1. The number of ether oxygens (including phenoxy) is 4. The minimum atomic E-state index is -0.677. The van der Waals surface area contributed by atoms with Gasteiger partial charge >= 0.3 is 12.1 Å². The maximum Gasteiger partial charge on any atom is 0.416 e. The lowest BCUT2D eigenvalue weighted by Gasteiger charge is -2.21. The number of esters is 1. The highest BCUT2D eigenvalue weighted by molar-refractivity contribution is 5.79. The van der Waals surface area contributed by atoms with Crippen molar-refractivity contribution in [2.45, 2.75) is 19.9 Å². The number of hydrogen-bond donors (Lipinski definition) is 0. The summed E-state index contributed by atoms with van der Waals surface area (Å²) >= 11 is 0. The molecule has 1 aromatic heterocycles. The third-order valence-corrected chi connectivity index (χ3v) is 5.89. The summed E-state index contributed by atoms with van der Waals surface area (Å²) in [4.78, 5) is 30.6. The van der Waals surface area contributed by atoms with E-state index in [1.165, 1.54) is 12.0 Å². The number of oxazole rings is 1. The molecule has 202 valence electrons. The Bertz CT molecular complexity index is 1370. The lowest BCUT2D eigenvalue weighted by atomic mass is 10.2. The minimum absolute atomic E-state index is 0.144. The second-order valence-corrected chi connectivity index (χ2v) is 8.61. The molecule has 0 radical (unpaired) electrons. The van der Waals surface area contributed by atoms with Gasteiger partial charge in [0.05, 0.1) is 26.5 Å². The van der Waals surface area contributed by atoms with Crippen LogP contribution in [0.3, 0.4) is 0 Å². The normalized spacial score (nSPS) is 10.5. The molecule has 0 aliphatic carbocycles. The summed E-state index contributed by atoms with van der Waals surface area (Å²) in [6.45, 7) is 2.20. The van der Waals surface area contributed by atoms with Gasteiger partial charge in [0, 0.05) is 18.5 Å². The molecule has 4 rings (SSSR count). The third kappa shape index (κ3) is 7.61. The molecule has 1 amide bonds. The summed E-state index contributed by atoms with van der Waals surface area (Å²) in [5, 5.41) is 0. The van der Waals surface area contributed by atoms with Gasteiger partial charge in [-0.15, -0.1) is 0 Å². The molecule has 9 nitrogen and oxygen atoms in total. The lowest BCUT2D eigenvalue weighted by Crippen LogP contribution is -2.37. The largest absolute Gasteiger partial charge is 0.497 e. The fourth-order valence-electron chi connectivity index (χ4n) is 3.76. The quantitative estimate of drug-likeness (QED) is 0.236. The Hall–Kier alpha value is -4.79. The van der Waals surface area contributed by atoms with Crippen LogP contribution in [0.5, 0.6) is 17.2 Å². The average Bonchev–Trinajstić information content (AvgIpc) is 3.34. The molecular weight excluding hydrogens is 500 g/mol. The van der Waals surface area contributed by atoms with Crippen LogP contribution in [0.4, 0.5) is 4.79 Å². The first-order valence-electron chi connectivity index (χ1n) is 12.4. The minimum Gasteiger partial charge on any atom is -0.497 e. The highest BCUT2D eigenvalue weighted by atomic mass is 16.6. The molecule has 9 heteroatoms. The number of carbonyl (C=O) groups is 2. The van der Waals surface area contributed by atoms with E-state index in [9.17, 15) is 9.59 Å². The molecule has 39 heavy (non-hydrogen) atoms. The van der Waals surface area contributed by atoms with Gasteiger partial charge in [0.2, 0.25) is 5.89 Å². The van der Waals surface area contributed by atoms with E-state index in [0.29, 0.717) is 36.2 Å². The predicted octanol–water partition coefficient (Wildman–Crippen LogP) is 5.45. The van der Waals surface area contributed by atoms with Crippen molar-refractivity contribution in [1.82, 2.24) is 9.88 Å². The Morgan fingerprint density at radius 2 is 1.54 bits per heavy atom. The Labute approximate surface area is 226 Å². The van der Waals surface area contributed by atoms with Crippen molar-refractivity contribution in [2.75, 3.05) is 27.4 Å². The smallest absolute Gasteiger partial charge is 0.416 e. The first-order chi connectivity index (χ1) is 18.9. The Morgan fingerprint density at radius 1 is 0.872 bits per heavy atom. The first kappa shape index (κ1) is 27.3. The molecule has 3 aromatic carbocycles. The molecule has 0 saturated carbocycles. The van der Waals surface area contributed by atoms with E-state index in [1.54, 1.807) is 31.4 Å². The molecule has 0 aliphatic rings. The number of methoxy groups -OCH3 is 2. The second-order valence-electron chi connectivity index (χ2n) is 8.61. The van der Waals surface area contributed by atoms with Gasteiger partial charge in [0.25, 0.3) is 0 Å². The molecule has 0 N–H and O–H groups in total. The van der Waals surface area contributed by atoms with E-state index >= 15 is 0 Å². The second kappa shape index (κ2) is 13.1. The third-order valence-electron chi connectivity index (χ3n) is 5.89. The number of aromatic nitrogens is 1. The monoisotopic (exact) mass is 530 g/mol. The van der Waals surface area contributed by atoms with Crippen LogP contribution in [0.1, 0.15) is 17.0 Å². The Kier molecular flexibility index (Phi) is 9.18. The molecule has 0 fully saturated rings. The summed E-state index contributed by atoms with van der Waals surface area (Å²) in [7, 11) is 2.82. The summed E-state index contributed by atoms with van der Waals surface area (Å²) in [5.74, 6) is 2.44. The van der Waals surface area contributed by atoms with Gasteiger partial charge in [-0.05, 0) is 61.0 Å². The average molecular weight is 531 g/mol. The van der Waals surface area contributed by atoms with Gasteiger partial charge in [-0.25, -0.2) is 9.78 Å². The number of carbonyl (C=O) groups excluding carboxylic acids is 2. The zero-order chi connectivity index (χ0) is 27.6. The van der Waals surface area contributed by atoms with Gasteiger partial charge < -0.3 is 23.4 Å². The van der Waals surface area contributed by atoms with E-state index in [1.807, 2.05) is 61.5 Å². The molecule has 0 unspecified atom stereocenters. The number of aryl methyl sites for hydroxylation is 1. The SMILES string of the molecule is COC(=O)CN(Cc1ccc(OCCc2nc(-c3ccccc3)oc2C)cc1)C(=O)Oc1ccc(OC)cc1. The molecule has 0 atom stereocenters. The predicted molar refractivity (Wildman–Crippen MR) is 144 cm³/mol. The van der Waals surface area contributed by atoms with Crippen molar-refractivity contribution < 1.29 is 33.0 Å². The number of nitrogens with zero attached hydrogens (tertiary/aromatic N) is 2. The standard InChI is InChI=1S/C30H30N2O7/c1-21-27(31-29(38-21)23-7-5-4-6-8-23)17-18-37-25-11-9-22(10-12-25)19-32(20-28(33)36-3)30(34)39-26-15-13-24(35-2)14-16-26/h4-16H,17-20H2,1-3H3. The van der Waals surface area contributed by atoms with E-state index < -0.39 is 12.1 Å². The molecule has 1 heterocycles. The van der Waals surface area contributed by atoms with Crippen molar-refractivity contribution in [3.05, 3.63) is 95.9 Å². The Balaban J connectivity index is 1.33. The molecule has 0 aliphatic heterocycles. The van der Waals surface area contributed by atoms with Crippen LogP contribution in [0, 0.1) is 6.92 Å². The van der Waals surface area contributed by atoms with Crippen LogP contribution in [0.2, 0.25) is 0 Å². The molecule has 4 aromatic rings. The van der Waals surface area contributed by atoms with Gasteiger partial charge in [-0.1, -0.05) is 30.3 Å². The molecule has 0 saturated heterocycles. The number of hydrogen-bond acceptors (Lipinski definition) is 8. The molecular formula is C30H30N2O7. The number of rotatable bonds is 11. The maximum absolute atomic E-state index is 12.8. The van der Waals surface area contributed by atoms with Gasteiger partial charge in [0.15, 0.2) is 0 Å². The zero-order valence-electron chi connectivity index (χ0n) is 22.1. The van der Waals surface area contributed by atoms with Crippen LogP contribution in [0.15, 0.2) is 83.3 Å². The zero-order valence-corrected chi connectivity index (χ0v) is 22.1. The van der Waals surface area contributed by atoms with Crippen molar-refractivity contribution in [3.63, 3.8) is 0 Å². The lowest BCUT2D eigenvalue weighted by molar-refractivity contribution is -0.141. The molecule has 0 spiro atoms. The summed E-state index contributed by atoms with van der Waals surface area (Å²) in [5.41, 5.74) is 2.56. The van der Waals surface area contributed by atoms with E-state index in [4.69, 9.17) is 23.4 Å². The van der Waals surface area contributed by atoms with E-state index in [0.717, 1.165) is 22.6 Å². The van der Waals surface area contributed by atoms with Crippen LogP contribution < -0.4 is 14.2 Å². The first-order valence-corrected chi connectivity index (χ1v) is 12.4. The van der Waals surface area contributed by atoms with Crippen LogP contribution >= 0.6 is 0 Å². The topological polar surface area (TPSA) is 100 Å². The maximum atomic E-state index is 12.8. The highest BCUT2D eigenvalue weighted by Crippen LogP contribution is 2.22. The fraction of sp³-hybridized carbons (Fsp3) is 0.233. The summed E-state index contributed by atoms with van der Waals surface area (Å²) in [6, 6.07) is 23.6. The van der Waals surface area contributed by atoms with Crippen molar-refractivity contribution in [2.24, 2.45) is 0 Å². The van der Waals surface area contributed by atoms with E-state index in [-0.39, 0.29) is 13.1 Å².